The van der Waals surface area contributed by atoms with Gasteiger partial charge in [0.25, 0.3) is 0 Å². The monoisotopic (exact) mass is 353 g/mol. The highest BCUT2D eigenvalue weighted by molar-refractivity contribution is 14.1. The predicted molar refractivity (Wildman–Crippen MR) is 83.1 cm³/mol. The highest BCUT2D eigenvalue weighted by Gasteiger charge is 2.10. The van der Waals surface area contributed by atoms with Crippen LogP contribution in [-0.4, -0.2) is 16.5 Å². The summed E-state index contributed by atoms with van der Waals surface area (Å²) in [5.74, 6) is 0.773. The molecular weight excluding hydrogens is 337 g/mol. The molecule has 1 aromatic carbocycles. The first-order valence-electron chi connectivity index (χ1n) is 6.11. The smallest absolute Gasteiger partial charge is 0.229 e. The van der Waals surface area contributed by atoms with E-state index in [4.69, 9.17) is 0 Å². The number of halogens is 1. The summed E-state index contributed by atoms with van der Waals surface area (Å²) in [5.41, 5.74) is 1.15. The van der Waals surface area contributed by atoms with Crippen molar-refractivity contribution in [3.8, 4) is 0 Å². The van der Waals surface area contributed by atoms with Crippen molar-refractivity contribution in [1.82, 2.24) is 9.97 Å². The summed E-state index contributed by atoms with van der Waals surface area (Å²) < 4.78 is 1.06. The molecule has 0 saturated carbocycles. The topological polar surface area (TPSA) is 29.0 Å². The predicted octanol–water partition coefficient (Wildman–Crippen LogP) is 4.02. The Kier molecular flexibility index (Phi) is 4.92. The molecule has 0 aliphatic heterocycles. The maximum absolute atomic E-state index is 4.42. The minimum atomic E-state index is 0.773. The molecule has 3 nitrogen and oxygen atoms in total. The number of rotatable bonds is 5. The van der Waals surface area contributed by atoms with Crippen LogP contribution in [0.3, 0.4) is 0 Å². The zero-order valence-corrected chi connectivity index (χ0v) is 12.5. The number of nitrogens with zero attached hydrogens (tertiary/aromatic N) is 3. The van der Waals surface area contributed by atoms with E-state index < -0.39 is 0 Å². The van der Waals surface area contributed by atoms with Gasteiger partial charge in [-0.1, -0.05) is 31.5 Å². The van der Waals surface area contributed by atoms with Crippen LogP contribution in [0.4, 0.5) is 11.6 Å². The Labute approximate surface area is 121 Å². The third-order valence-corrected chi connectivity index (χ3v) is 3.21. The van der Waals surface area contributed by atoms with Gasteiger partial charge in [0.15, 0.2) is 0 Å². The number of unbranched alkanes of at least 4 members (excludes halogenated alkanes) is 1. The van der Waals surface area contributed by atoms with Crippen molar-refractivity contribution in [3.63, 3.8) is 0 Å². The summed E-state index contributed by atoms with van der Waals surface area (Å²) in [7, 11) is 0. The van der Waals surface area contributed by atoms with Gasteiger partial charge in [-0.3, -0.25) is 0 Å². The molecule has 0 N–H and O–H groups in total. The van der Waals surface area contributed by atoms with Crippen molar-refractivity contribution < 1.29 is 0 Å². The molecule has 2 rings (SSSR count). The first-order valence-corrected chi connectivity index (χ1v) is 7.19. The number of hydrogen-bond donors (Lipinski definition) is 0. The Morgan fingerprint density at radius 3 is 2.39 bits per heavy atom. The van der Waals surface area contributed by atoms with E-state index in [0.717, 1.165) is 34.6 Å². The van der Waals surface area contributed by atoms with Gasteiger partial charge in [0.2, 0.25) is 5.95 Å². The maximum atomic E-state index is 4.42. The Morgan fingerprint density at radius 1 is 1.11 bits per heavy atom. The second-order valence-electron chi connectivity index (χ2n) is 4.04. The van der Waals surface area contributed by atoms with Gasteiger partial charge in [-0.15, -0.1) is 0 Å². The Balaban J connectivity index is 2.27. The zero-order chi connectivity index (χ0) is 12.8. The van der Waals surface area contributed by atoms with Crippen molar-refractivity contribution in [2.24, 2.45) is 0 Å². The third kappa shape index (κ3) is 3.41. The Hall–Kier alpha value is -1.17. The first-order chi connectivity index (χ1) is 8.81. The van der Waals surface area contributed by atoms with Crippen molar-refractivity contribution >= 4 is 34.2 Å². The Morgan fingerprint density at radius 2 is 1.78 bits per heavy atom. The summed E-state index contributed by atoms with van der Waals surface area (Å²) in [4.78, 5) is 11.0. The summed E-state index contributed by atoms with van der Waals surface area (Å²) in [6.07, 6.45) is 5.99. The highest BCUT2D eigenvalue weighted by atomic mass is 127. The lowest BCUT2D eigenvalue weighted by molar-refractivity contribution is 0.770. The molecule has 4 heteroatoms. The number of aromatic nitrogens is 2. The molecule has 18 heavy (non-hydrogen) atoms. The molecule has 1 heterocycles. The fraction of sp³-hybridized carbons (Fsp3) is 0.286. The minimum absolute atomic E-state index is 0.773. The SMILES string of the molecule is CCCCN(c1ccccc1)c1ncc(I)cn1. The molecule has 94 valence electrons. The van der Waals surface area contributed by atoms with E-state index in [-0.39, 0.29) is 0 Å². The average Bonchev–Trinajstić information content (AvgIpc) is 2.42. The van der Waals surface area contributed by atoms with Crippen LogP contribution in [-0.2, 0) is 0 Å². The second kappa shape index (κ2) is 6.68. The van der Waals surface area contributed by atoms with E-state index >= 15 is 0 Å². The van der Waals surface area contributed by atoms with Crippen LogP contribution in [0.25, 0.3) is 0 Å². The van der Waals surface area contributed by atoms with Gasteiger partial charge in [0.05, 0.1) is 0 Å². The van der Waals surface area contributed by atoms with Crippen LogP contribution >= 0.6 is 22.6 Å². The van der Waals surface area contributed by atoms with Crippen LogP contribution < -0.4 is 4.90 Å². The molecule has 0 amide bonds. The quantitative estimate of drug-likeness (QED) is 0.761. The molecule has 0 atom stereocenters. The van der Waals surface area contributed by atoms with Gasteiger partial charge in [0, 0.05) is 28.2 Å². The molecule has 0 bridgehead atoms. The largest absolute Gasteiger partial charge is 0.311 e. The van der Waals surface area contributed by atoms with E-state index in [2.05, 4.69) is 56.5 Å². The zero-order valence-electron chi connectivity index (χ0n) is 10.4. The van der Waals surface area contributed by atoms with Crippen LogP contribution in [0.5, 0.6) is 0 Å². The maximum Gasteiger partial charge on any atom is 0.229 e. The van der Waals surface area contributed by atoms with Gasteiger partial charge < -0.3 is 4.90 Å². The van der Waals surface area contributed by atoms with E-state index in [1.54, 1.807) is 0 Å². The molecule has 0 spiro atoms. The molecule has 0 radical (unpaired) electrons. The lowest BCUT2D eigenvalue weighted by Crippen LogP contribution is -2.20. The number of benzene rings is 1. The van der Waals surface area contributed by atoms with Crippen molar-refractivity contribution in [3.05, 3.63) is 46.3 Å². The van der Waals surface area contributed by atoms with E-state index in [1.807, 2.05) is 30.6 Å². The molecule has 0 aliphatic rings. The van der Waals surface area contributed by atoms with Crippen molar-refractivity contribution in [2.45, 2.75) is 19.8 Å². The molecule has 0 aliphatic carbocycles. The van der Waals surface area contributed by atoms with E-state index in [0.29, 0.717) is 0 Å². The van der Waals surface area contributed by atoms with Crippen LogP contribution in [0, 0.1) is 3.57 Å². The van der Waals surface area contributed by atoms with Crippen molar-refractivity contribution in [1.29, 1.82) is 0 Å². The fourth-order valence-electron chi connectivity index (χ4n) is 1.71. The molecule has 0 unspecified atom stereocenters. The summed E-state index contributed by atoms with van der Waals surface area (Å²) in [6.45, 7) is 3.14. The average molecular weight is 353 g/mol. The van der Waals surface area contributed by atoms with Gasteiger partial charge in [-0.25, -0.2) is 9.97 Å². The van der Waals surface area contributed by atoms with Crippen molar-refractivity contribution in [2.75, 3.05) is 11.4 Å². The second-order valence-corrected chi connectivity index (χ2v) is 5.29. The summed E-state index contributed by atoms with van der Waals surface area (Å²) >= 11 is 2.22. The van der Waals surface area contributed by atoms with Crippen LogP contribution in [0.1, 0.15) is 19.8 Å². The summed E-state index contributed by atoms with van der Waals surface area (Å²) in [5, 5.41) is 0. The lowest BCUT2D eigenvalue weighted by atomic mass is 10.2. The van der Waals surface area contributed by atoms with Gasteiger partial charge in [0.1, 0.15) is 0 Å². The fourth-order valence-corrected chi connectivity index (χ4v) is 1.99. The third-order valence-electron chi connectivity index (χ3n) is 2.65. The standard InChI is InChI=1S/C14H16IN3/c1-2-3-9-18(13-7-5-4-6-8-13)14-16-10-12(15)11-17-14/h4-8,10-11H,2-3,9H2,1H3. The van der Waals surface area contributed by atoms with Gasteiger partial charge in [-0.05, 0) is 41.1 Å². The molecule has 1 aromatic heterocycles. The normalized spacial score (nSPS) is 10.3. The molecule has 0 saturated heterocycles. The number of hydrogen-bond acceptors (Lipinski definition) is 3. The van der Waals surface area contributed by atoms with Gasteiger partial charge >= 0.3 is 0 Å². The number of para-hydroxylation sites is 1. The summed E-state index contributed by atoms with van der Waals surface area (Å²) in [6, 6.07) is 10.3. The van der Waals surface area contributed by atoms with Crippen LogP contribution in [0.15, 0.2) is 42.7 Å². The van der Waals surface area contributed by atoms with E-state index in [9.17, 15) is 0 Å². The lowest BCUT2D eigenvalue weighted by Gasteiger charge is -2.22. The van der Waals surface area contributed by atoms with Gasteiger partial charge in [-0.2, -0.15) is 0 Å². The molecule has 2 aromatic rings. The minimum Gasteiger partial charge on any atom is -0.311 e. The molecular formula is C14H16IN3. The number of anilines is 2. The first kappa shape index (κ1) is 13.3. The Bertz CT molecular complexity index is 470. The highest BCUT2D eigenvalue weighted by Crippen LogP contribution is 2.22. The van der Waals surface area contributed by atoms with E-state index in [1.165, 1.54) is 0 Å². The van der Waals surface area contributed by atoms with Crippen LogP contribution in [0.2, 0.25) is 0 Å². The molecule has 0 fully saturated rings.